The van der Waals surface area contributed by atoms with E-state index >= 15 is 0 Å². The molecule has 130 valence electrons. The zero-order chi connectivity index (χ0) is 17.4. The lowest BCUT2D eigenvalue weighted by Crippen LogP contribution is -2.34. The number of hydrogen-bond donors (Lipinski definition) is 2. The number of nitrogens with two attached hydrogens (primary N) is 1. The second kappa shape index (κ2) is 6.33. The average Bonchev–Trinajstić information content (AvgIpc) is 3.28. The first-order valence-electron chi connectivity index (χ1n) is 8.57. The molecule has 0 unspecified atom stereocenters. The van der Waals surface area contributed by atoms with Crippen molar-refractivity contribution >= 4 is 10.9 Å². The van der Waals surface area contributed by atoms with Gasteiger partial charge in [-0.2, -0.15) is 10.1 Å². The van der Waals surface area contributed by atoms with Gasteiger partial charge in [0, 0.05) is 42.2 Å². The van der Waals surface area contributed by atoms with E-state index in [-0.39, 0.29) is 0 Å². The second-order valence-electron chi connectivity index (χ2n) is 6.56. The first-order valence-corrected chi connectivity index (χ1v) is 8.57. The van der Waals surface area contributed by atoms with Gasteiger partial charge in [-0.25, -0.2) is 0 Å². The van der Waals surface area contributed by atoms with E-state index < -0.39 is 0 Å². The van der Waals surface area contributed by atoms with Crippen LogP contribution in [0.5, 0.6) is 0 Å². The number of rotatable bonds is 4. The minimum Gasteiger partial charge on any atom is -0.374 e. The van der Waals surface area contributed by atoms with Crippen LogP contribution < -0.4 is 5.73 Å². The number of hydrogen-bond acceptors (Lipinski definition) is 6. The molecule has 4 rings (SSSR count). The predicted molar refractivity (Wildman–Crippen MR) is 95.9 cm³/mol. The monoisotopic (exact) mass is 338 g/mol. The quantitative estimate of drug-likeness (QED) is 0.759. The molecule has 3 heterocycles. The number of nitrogens with one attached hydrogen (secondary N) is 1. The van der Waals surface area contributed by atoms with Gasteiger partial charge < -0.3 is 15.2 Å². The first-order chi connectivity index (χ1) is 12.2. The lowest BCUT2D eigenvalue weighted by Gasteiger charge is -2.32. The molecule has 3 N–H and O–H groups in total. The summed E-state index contributed by atoms with van der Waals surface area (Å²) >= 11 is 0. The number of aromatic nitrogens is 4. The van der Waals surface area contributed by atoms with Crippen molar-refractivity contribution < 1.29 is 4.52 Å². The van der Waals surface area contributed by atoms with Crippen LogP contribution in [0, 0.1) is 6.92 Å². The molecule has 0 radical (unpaired) electrons. The number of aromatic amines is 1. The summed E-state index contributed by atoms with van der Waals surface area (Å²) in [5, 5.41) is 12.5. The van der Waals surface area contributed by atoms with E-state index in [9.17, 15) is 0 Å². The third kappa shape index (κ3) is 2.91. The van der Waals surface area contributed by atoms with Gasteiger partial charge in [0.25, 0.3) is 0 Å². The van der Waals surface area contributed by atoms with Crippen LogP contribution in [0.15, 0.2) is 35.0 Å². The minimum atomic E-state index is 0.293. The van der Waals surface area contributed by atoms with Crippen molar-refractivity contribution in [3.63, 3.8) is 0 Å². The summed E-state index contributed by atoms with van der Waals surface area (Å²) in [7, 11) is 0. The van der Waals surface area contributed by atoms with E-state index in [0.717, 1.165) is 53.8 Å². The lowest BCUT2D eigenvalue weighted by atomic mass is 9.96. The zero-order valence-electron chi connectivity index (χ0n) is 14.3. The number of benzene rings is 1. The molecule has 0 bridgehead atoms. The van der Waals surface area contributed by atoms with Crippen molar-refractivity contribution in [2.45, 2.75) is 25.7 Å². The fourth-order valence-corrected chi connectivity index (χ4v) is 3.39. The van der Waals surface area contributed by atoms with Gasteiger partial charge in [-0.15, -0.1) is 0 Å². The van der Waals surface area contributed by atoms with Gasteiger partial charge in [0.2, 0.25) is 11.7 Å². The van der Waals surface area contributed by atoms with E-state index in [1.807, 2.05) is 25.1 Å². The zero-order valence-corrected chi connectivity index (χ0v) is 14.3. The minimum absolute atomic E-state index is 0.293. The van der Waals surface area contributed by atoms with Crippen LogP contribution in [0.25, 0.3) is 22.3 Å². The van der Waals surface area contributed by atoms with Gasteiger partial charge >= 0.3 is 0 Å². The number of fused-ring (bicyclic) bond motifs is 1. The van der Waals surface area contributed by atoms with Crippen LogP contribution >= 0.6 is 0 Å². The number of nitrogens with zero attached hydrogens (tertiary/aromatic N) is 4. The molecule has 0 aliphatic carbocycles. The van der Waals surface area contributed by atoms with Gasteiger partial charge in [0.05, 0.1) is 11.2 Å². The molecule has 0 saturated carbocycles. The molecule has 25 heavy (non-hydrogen) atoms. The summed E-state index contributed by atoms with van der Waals surface area (Å²) in [4.78, 5) is 6.87. The van der Waals surface area contributed by atoms with Crippen LogP contribution in [0.2, 0.25) is 0 Å². The molecule has 1 aromatic carbocycles. The molecule has 1 fully saturated rings. The van der Waals surface area contributed by atoms with Crippen LogP contribution in [0.3, 0.4) is 0 Å². The maximum Gasteiger partial charge on any atom is 0.230 e. The summed E-state index contributed by atoms with van der Waals surface area (Å²) in [5.74, 6) is 1.63. The highest BCUT2D eigenvalue weighted by molar-refractivity contribution is 5.85. The Hall–Kier alpha value is -2.67. The number of aryl methyl sites for hydroxylation is 1. The predicted octanol–water partition coefficient (Wildman–Crippen LogP) is 2.57. The molecule has 3 aromatic rings. The Morgan fingerprint density at radius 1 is 1.40 bits per heavy atom. The molecule has 7 nitrogen and oxygen atoms in total. The molecule has 7 heteroatoms. The third-order valence-electron chi connectivity index (χ3n) is 4.98. The van der Waals surface area contributed by atoms with Gasteiger partial charge in [-0.3, -0.25) is 5.10 Å². The number of H-pyrrole nitrogens is 1. The molecule has 2 aromatic heterocycles. The van der Waals surface area contributed by atoms with E-state index in [1.165, 1.54) is 0 Å². The van der Waals surface area contributed by atoms with Crippen LogP contribution in [0.4, 0.5) is 0 Å². The molecule has 1 aliphatic rings. The highest BCUT2D eigenvalue weighted by Crippen LogP contribution is 2.30. The van der Waals surface area contributed by atoms with Crippen LogP contribution in [0.1, 0.15) is 30.3 Å². The van der Waals surface area contributed by atoms with Crippen molar-refractivity contribution in [2.24, 2.45) is 5.73 Å². The second-order valence-corrected chi connectivity index (χ2v) is 6.56. The van der Waals surface area contributed by atoms with E-state index in [2.05, 4.69) is 31.8 Å². The van der Waals surface area contributed by atoms with Crippen molar-refractivity contribution in [2.75, 3.05) is 19.6 Å². The third-order valence-corrected chi connectivity index (χ3v) is 4.98. The number of likely N-dealkylation sites (tertiary alicyclic amines) is 1. The molecular weight excluding hydrogens is 316 g/mol. The normalized spacial score (nSPS) is 15.8. The average molecular weight is 338 g/mol. The SMILES string of the molecule is C=C(CN)N1CCC(c2nc(-c3ccc4c(C)n[nH]c4c3)no2)CC1. The van der Waals surface area contributed by atoms with Gasteiger partial charge in [-0.1, -0.05) is 23.9 Å². The fraction of sp³-hybridized carbons (Fsp3) is 0.389. The van der Waals surface area contributed by atoms with Crippen molar-refractivity contribution in [3.05, 3.63) is 42.1 Å². The Morgan fingerprint density at radius 3 is 2.96 bits per heavy atom. The highest BCUT2D eigenvalue weighted by Gasteiger charge is 2.25. The molecule has 0 spiro atoms. The topological polar surface area (TPSA) is 96.9 Å². The summed E-state index contributed by atoms with van der Waals surface area (Å²) in [6.45, 7) is 8.35. The highest BCUT2D eigenvalue weighted by atomic mass is 16.5. The summed E-state index contributed by atoms with van der Waals surface area (Å²) in [5.41, 5.74) is 9.56. The Kier molecular flexibility index (Phi) is 4.01. The Morgan fingerprint density at radius 2 is 2.20 bits per heavy atom. The van der Waals surface area contributed by atoms with Gasteiger partial charge in [-0.05, 0) is 25.8 Å². The fourth-order valence-electron chi connectivity index (χ4n) is 3.39. The van der Waals surface area contributed by atoms with E-state index in [0.29, 0.717) is 24.2 Å². The van der Waals surface area contributed by atoms with Gasteiger partial charge in [0.1, 0.15) is 0 Å². The van der Waals surface area contributed by atoms with Crippen molar-refractivity contribution in [1.29, 1.82) is 0 Å². The Bertz CT molecular complexity index is 903. The van der Waals surface area contributed by atoms with Crippen LogP contribution in [-0.2, 0) is 0 Å². The standard InChI is InChI=1S/C18H22N6O/c1-11(10-19)24-7-5-13(6-8-24)18-20-17(23-25-18)14-3-4-15-12(2)21-22-16(15)9-14/h3-4,9,13H,1,5-8,10,19H2,2H3,(H,21,22). The lowest BCUT2D eigenvalue weighted by molar-refractivity contribution is 0.232. The molecule has 1 aliphatic heterocycles. The summed E-state index contributed by atoms with van der Waals surface area (Å²) in [6, 6.07) is 6.06. The molecule has 1 saturated heterocycles. The Labute approximate surface area is 145 Å². The largest absolute Gasteiger partial charge is 0.374 e. The maximum absolute atomic E-state index is 5.67. The smallest absolute Gasteiger partial charge is 0.230 e. The number of piperidine rings is 1. The Balaban J connectivity index is 1.51. The van der Waals surface area contributed by atoms with Crippen LogP contribution in [-0.4, -0.2) is 44.9 Å². The molecule has 0 amide bonds. The van der Waals surface area contributed by atoms with Crippen molar-refractivity contribution in [1.82, 2.24) is 25.2 Å². The maximum atomic E-state index is 5.67. The van der Waals surface area contributed by atoms with E-state index in [4.69, 9.17) is 10.3 Å². The first kappa shape index (κ1) is 15.8. The summed E-state index contributed by atoms with van der Waals surface area (Å²) in [6.07, 6.45) is 1.94. The summed E-state index contributed by atoms with van der Waals surface area (Å²) < 4.78 is 5.55. The molecular formula is C18H22N6O. The van der Waals surface area contributed by atoms with E-state index in [1.54, 1.807) is 0 Å². The molecule has 0 atom stereocenters. The van der Waals surface area contributed by atoms with Gasteiger partial charge in [0.15, 0.2) is 0 Å². The van der Waals surface area contributed by atoms with Crippen molar-refractivity contribution in [3.8, 4) is 11.4 Å².